The molecule has 1 aliphatic rings. The smallest absolute Gasteiger partial charge is 0.335 e. The first-order chi connectivity index (χ1) is 16.6. The van der Waals surface area contributed by atoms with Gasteiger partial charge in [0.15, 0.2) is 5.11 Å². The van der Waals surface area contributed by atoms with E-state index in [2.05, 4.69) is 10.3 Å². The van der Waals surface area contributed by atoms with Crippen LogP contribution in [0.2, 0.25) is 0 Å². The number of para-hydroxylation sites is 2. The van der Waals surface area contributed by atoms with Gasteiger partial charge in [-0.05, 0) is 60.7 Å². The van der Waals surface area contributed by atoms with Gasteiger partial charge in [0, 0.05) is 11.8 Å². The highest BCUT2D eigenvalue weighted by Crippen LogP contribution is 2.45. The lowest BCUT2D eigenvalue weighted by Crippen LogP contribution is -2.29. The normalized spacial score (nSPS) is 17.4. The predicted molar refractivity (Wildman–Crippen MR) is 132 cm³/mol. The highest BCUT2D eigenvalue weighted by Gasteiger charge is 2.43. The van der Waals surface area contributed by atoms with Crippen molar-refractivity contribution in [3.8, 4) is 17.1 Å². The number of anilines is 1. The molecule has 1 saturated heterocycles. The molecule has 2 aromatic heterocycles. The number of methoxy groups -OCH3 is 1. The van der Waals surface area contributed by atoms with Gasteiger partial charge in [-0.3, -0.25) is 4.98 Å². The minimum absolute atomic E-state index is 0.196. The van der Waals surface area contributed by atoms with Crippen molar-refractivity contribution in [2.45, 2.75) is 12.1 Å². The Hall–Kier alpha value is -4.17. The number of hydrogen-bond donors (Lipinski definition) is 2. The molecular formula is C26H21N3O4S. The van der Waals surface area contributed by atoms with Crippen molar-refractivity contribution in [1.29, 1.82) is 0 Å². The zero-order chi connectivity index (χ0) is 23.7. The maximum atomic E-state index is 11.4. The molecule has 0 amide bonds. The van der Waals surface area contributed by atoms with Gasteiger partial charge in [0.25, 0.3) is 0 Å². The number of thiocarbonyl (C=S) groups is 1. The maximum absolute atomic E-state index is 11.4. The number of pyridine rings is 1. The van der Waals surface area contributed by atoms with Gasteiger partial charge in [-0.25, -0.2) is 4.79 Å². The Kier molecular flexibility index (Phi) is 5.73. The Morgan fingerprint density at radius 1 is 1.09 bits per heavy atom. The van der Waals surface area contributed by atoms with Gasteiger partial charge in [-0.2, -0.15) is 0 Å². The van der Waals surface area contributed by atoms with Gasteiger partial charge in [-0.1, -0.05) is 30.3 Å². The first kappa shape index (κ1) is 21.7. The summed E-state index contributed by atoms with van der Waals surface area (Å²) >= 11 is 5.75. The molecule has 1 fully saturated rings. The molecule has 3 heterocycles. The number of ether oxygens (including phenoxy) is 1. The monoisotopic (exact) mass is 471 g/mol. The summed E-state index contributed by atoms with van der Waals surface area (Å²) < 4.78 is 11.9. The number of aromatic carboxylic acids is 1. The number of benzene rings is 2. The van der Waals surface area contributed by atoms with Crippen molar-refractivity contribution in [3.05, 3.63) is 102 Å². The Balaban J connectivity index is 1.61. The van der Waals surface area contributed by atoms with Crippen LogP contribution in [0.1, 0.15) is 33.9 Å². The predicted octanol–water partition coefficient (Wildman–Crippen LogP) is 5.23. The second-order valence-electron chi connectivity index (χ2n) is 7.76. The van der Waals surface area contributed by atoms with Crippen molar-refractivity contribution in [3.63, 3.8) is 0 Å². The summed E-state index contributed by atoms with van der Waals surface area (Å²) in [5.41, 5.74) is 2.49. The van der Waals surface area contributed by atoms with E-state index in [9.17, 15) is 9.90 Å². The van der Waals surface area contributed by atoms with Crippen LogP contribution < -0.4 is 15.0 Å². The van der Waals surface area contributed by atoms with E-state index in [0.717, 1.165) is 11.4 Å². The Bertz CT molecular complexity index is 1350. The number of hydrogen-bond acceptors (Lipinski definition) is 5. The molecule has 0 saturated carbocycles. The van der Waals surface area contributed by atoms with Crippen LogP contribution in [0, 0.1) is 0 Å². The van der Waals surface area contributed by atoms with E-state index in [-0.39, 0.29) is 17.6 Å². The number of carboxylic acid groups (broad SMARTS) is 1. The van der Waals surface area contributed by atoms with E-state index in [4.69, 9.17) is 21.4 Å². The van der Waals surface area contributed by atoms with Crippen LogP contribution in [0.4, 0.5) is 5.69 Å². The third-order valence-electron chi connectivity index (χ3n) is 5.76. The molecule has 5 rings (SSSR count). The zero-order valence-corrected chi connectivity index (χ0v) is 19.0. The van der Waals surface area contributed by atoms with Gasteiger partial charge in [0.2, 0.25) is 0 Å². The van der Waals surface area contributed by atoms with Crippen LogP contribution in [0.15, 0.2) is 89.5 Å². The molecule has 4 aromatic rings. The van der Waals surface area contributed by atoms with E-state index in [1.54, 1.807) is 31.5 Å². The summed E-state index contributed by atoms with van der Waals surface area (Å²) in [5, 5.41) is 13.3. The molecule has 0 aliphatic carbocycles. The number of carbonyl (C=O) groups is 1. The first-order valence-corrected chi connectivity index (χ1v) is 11.0. The minimum atomic E-state index is -0.989. The molecule has 2 atom stereocenters. The minimum Gasteiger partial charge on any atom is -0.495 e. The Morgan fingerprint density at radius 3 is 2.68 bits per heavy atom. The third-order valence-corrected chi connectivity index (χ3v) is 6.07. The van der Waals surface area contributed by atoms with Crippen LogP contribution in [0.3, 0.4) is 0 Å². The Labute approximate surface area is 201 Å². The van der Waals surface area contributed by atoms with Crippen LogP contribution in [-0.4, -0.2) is 28.3 Å². The average Bonchev–Trinajstić information content (AvgIpc) is 3.49. The third kappa shape index (κ3) is 3.88. The SMILES string of the molecule is COc1ccccc1N1C(=S)NC(c2ccccn2)C1c1ccc(-c2cccc(C(=O)O)c2)o1. The lowest BCUT2D eigenvalue weighted by Gasteiger charge is -2.27. The van der Waals surface area contributed by atoms with E-state index in [0.29, 0.717) is 27.9 Å². The van der Waals surface area contributed by atoms with Crippen molar-refractivity contribution < 1.29 is 19.1 Å². The number of rotatable bonds is 6. The van der Waals surface area contributed by atoms with E-state index in [1.807, 2.05) is 65.6 Å². The molecule has 170 valence electrons. The van der Waals surface area contributed by atoms with Gasteiger partial charge in [0.1, 0.15) is 23.3 Å². The summed E-state index contributed by atoms with van der Waals surface area (Å²) in [6, 6.07) is 23.2. The average molecular weight is 472 g/mol. The topological polar surface area (TPSA) is 87.8 Å². The van der Waals surface area contributed by atoms with Gasteiger partial charge < -0.3 is 24.5 Å². The van der Waals surface area contributed by atoms with Gasteiger partial charge in [-0.15, -0.1) is 0 Å². The lowest BCUT2D eigenvalue weighted by molar-refractivity contribution is 0.0697. The van der Waals surface area contributed by atoms with Crippen molar-refractivity contribution in [1.82, 2.24) is 10.3 Å². The molecule has 0 spiro atoms. The fourth-order valence-electron chi connectivity index (χ4n) is 4.20. The quantitative estimate of drug-likeness (QED) is 0.370. The van der Waals surface area contributed by atoms with Gasteiger partial charge in [0.05, 0.1) is 30.1 Å². The number of carboxylic acids is 1. The number of nitrogens with one attached hydrogen (secondary N) is 1. The van der Waals surface area contributed by atoms with Crippen LogP contribution in [-0.2, 0) is 0 Å². The van der Waals surface area contributed by atoms with E-state index in [1.165, 1.54) is 0 Å². The summed E-state index contributed by atoms with van der Waals surface area (Å²) in [6.07, 6.45) is 1.74. The molecule has 7 nitrogen and oxygen atoms in total. The Morgan fingerprint density at radius 2 is 1.91 bits per heavy atom. The molecule has 1 aliphatic heterocycles. The standard InChI is InChI=1S/C26H21N3O4S/c1-32-21-11-3-2-10-19(21)29-24(23(28-26(29)34)18-9-4-5-14-27-18)22-13-12-20(33-22)16-7-6-8-17(15-16)25(30)31/h2-15,23-24H,1H3,(H,28,34)(H,30,31). The molecule has 0 bridgehead atoms. The van der Waals surface area contributed by atoms with Crippen molar-refractivity contribution >= 4 is 29.0 Å². The first-order valence-electron chi connectivity index (χ1n) is 10.6. The van der Waals surface area contributed by atoms with Crippen LogP contribution in [0.5, 0.6) is 5.75 Å². The summed E-state index contributed by atoms with van der Waals surface area (Å²) in [4.78, 5) is 17.9. The summed E-state index contributed by atoms with van der Waals surface area (Å²) in [7, 11) is 1.62. The van der Waals surface area contributed by atoms with Crippen LogP contribution >= 0.6 is 12.2 Å². The molecule has 2 aromatic carbocycles. The molecule has 0 radical (unpaired) electrons. The molecular weight excluding hydrogens is 450 g/mol. The summed E-state index contributed by atoms with van der Waals surface area (Å²) in [6.45, 7) is 0. The molecule has 2 unspecified atom stereocenters. The van der Waals surface area contributed by atoms with Gasteiger partial charge >= 0.3 is 5.97 Å². The second-order valence-corrected chi connectivity index (χ2v) is 8.14. The fourth-order valence-corrected chi connectivity index (χ4v) is 4.54. The zero-order valence-electron chi connectivity index (χ0n) is 18.2. The van der Waals surface area contributed by atoms with E-state index < -0.39 is 5.97 Å². The number of aromatic nitrogens is 1. The summed E-state index contributed by atoms with van der Waals surface area (Å²) in [5.74, 6) is 0.913. The lowest BCUT2D eigenvalue weighted by atomic mass is 10.0. The fraction of sp³-hybridized carbons (Fsp3) is 0.115. The highest BCUT2D eigenvalue weighted by atomic mass is 32.1. The number of nitrogens with zero attached hydrogens (tertiary/aromatic N) is 2. The largest absolute Gasteiger partial charge is 0.495 e. The van der Waals surface area contributed by atoms with Crippen molar-refractivity contribution in [2.24, 2.45) is 0 Å². The highest BCUT2D eigenvalue weighted by molar-refractivity contribution is 7.80. The molecule has 8 heteroatoms. The van der Waals surface area contributed by atoms with Crippen molar-refractivity contribution in [2.75, 3.05) is 12.0 Å². The van der Waals surface area contributed by atoms with E-state index >= 15 is 0 Å². The number of furan rings is 1. The molecule has 34 heavy (non-hydrogen) atoms. The van der Waals surface area contributed by atoms with Crippen LogP contribution in [0.25, 0.3) is 11.3 Å². The second kappa shape index (κ2) is 8.99. The maximum Gasteiger partial charge on any atom is 0.335 e. The molecule has 2 N–H and O–H groups in total.